The molecule has 0 aliphatic carbocycles. The molecule has 0 spiro atoms. The first kappa shape index (κ1) is 12.0. The Kier molecular flexibility index (Phi) is 3.04. The van der Waals surface area contributed by atoms with E-state index in [4.69, 9.17) is 28.6 Å². The van der Waals surface area contributed by atoms with E-state index in [0.717, 1.165) is 37.0 Å². The molecule has 0 saturated heterocycles. The Morgan fingerprint density at radius 2 is 2.00 bits per heavy atom. The van der Waals surface area contributed by atoms with E-state index in [9.17, 15) is 0 Å². The first-order chi connectivity index (χ1) is 8.66. The second-order valence-electron chi connectivity index (χ2n) is 4.62. The zero-order chi connectivity index (χ0) is 12.7. The lowest BCUT2D eigenvalue weighted by atomic mass is 10.2. The summed E-state index contributed by atoms with van der Waals surface area (Å²) in [6.45, 7) is 0.862. The van der Waals surface area contributed by atoms with Crippen LogP contribution in [0.15, 0.2) is 12.1 Å². The summed E-state index contributed by atoms with van der Waals surface area (Å²) in [5, 5.41) is 10.1. The minimum atomic E-state index is 0.473. The summed E-state index contributed by atoms with van der Waals surface area (Å²) in [6, 6.07) is 3.46. The van der Waals surface area contributed by atoms with Gasteiger partial charge < -0.3 is 4.57 Å². The molecule has 5 heteroatoms. The highest BCUT2D eigenvalue weighted by Gasteiger charge is 2.13. The normalized spacial score (nSPS) is 15.4. The number of hydrogen-bond acceptors (Lipinski definition) is 2. The van der Waals surface area contributed by atoms with Crippen molar-refractivity contribution in [1.82, 2.24) is 9.55 Å². The molecule has 1 aliphatic heterocycles. The Morgan fingerprint density at radius 1 is 1.17 bits per heavy atom. The van der Waals surface area contributed by atoms with Crippen LogP contribution in [-0.2, 0) is 13.0 Å². The molecule has 2 aromatic rings. The predicted molar refractivity (Wildman–Crippen MR) is 73.2 cm³/mol. The van der Waals surface area contributed by atoms with Crippen LogP contribution in [0.1, 0.15) is 25.1 Å². The Labute approximate surface area is 115 Å². The third-order valence-electron chi connectivity index (χ3n) is 3.39. The van der Waals surface area contributed by atoms with Gasteiger partial charge in [0.1, 0.15) is 11.3 Å². The summed E-state index contributed by atoms with van der Waals surface area (Å²) in [6.07, 6.45) is 4.34. The maximum absolute atomic E-state index is 8.31. The lowest BCUT2D eigenvalue weighted by Crippen LogP contribution is -2.24. The maximum Gasteiger partial charge on any atom is 0.135 e. The summed E-state index contributed by atoms with van der Waals surface area (Å²) < 4.78 is 1.99. The van der Waals surface area contributed by atoms with Crippen LogP contribution in [0.4, 0.5) is 0 Å². The van der Waals surface area contributed by atoms with Crippen LogP contribution >= 0.6 is 23.2 Å². The lowest BCUT2D eigenvalue weighted by molar-refractivity contribution is 0.602. The van der Waals surface area contributed by atoms with Crippen molar-refractivity contribution in [1.29, 1.82) is 5.41 Å². The largest absolute Gasteiger partial charge is 0.314 e. The summed E-state index contributed by atoms with van der Waals surface area (Å²) in [5.41, 5.74) is 1.17. The van der Waals surface area contributed by atoms with Crippen molar-refractivity contribution >= 4 is 34.1 Å². The van der Waals surface area contributed by atoms with Crippen molar-refractivity contribution < 1.29 is 0 Å². The van der Waals surface area contributed by atoms with Crippen LogP contribution < -0.4 is 5.49 Å². The minimum absolute atomic E-state index is 0.473. The van der Waals surface area contributed by atoms with E-state index in [2.05, 4.69) is 4.98 Å². The number of nitrogens with one attached hydrogen (secondary N) is 1. The summed E-state index contributed by atoms with van der Waals surface area (Å²) >= 11 is 12.2. The monoisotopic (exact) mass is 281 g/mol. The quantitative estimate of drug-likeness (QED) is 0.788. The molecular weight excluding hydrogens is 269 g/mol. The van der Waals surface area contributed by atoms with Crippen LogP contribution in [0.3, 0.4) is 0 Å². The Morgan fingerprint density at radius 3 is 2.83 bits per heavy atom. The van der Waals surface area contributed by atoms with E-state index in [1.54, 1.807) is 12.1 Å². The second-order valence-corrected chi connectivity index (χ2v) is 5.47. The summed E-state index contributed by atoms with van der Waals surface area (Å²) in [5.74, 6) is 0.967. The van der Waals surface area contributed by atoms with Gasteiger partial charge in [0.2, 0.25) is 0 Å². The predicted octanol–water partition coefficient (Wildman–Crippen LogP) is 3.55. The number of rotatable bonds is 0. The fourth-order valence-corrected chi connectivity index (χ4v) is 3.02. The second kappa shape index (κ2) is 4.56. The molecule has 0 saturated carbocycles. The van der Waals surface area contributed by atoms with Gasteiger partial charge in [0.15, 0.2) is 0 Å². The van der Waals surface area contributed by atoms with Gasteiger partial charge in [-0.2, -0.15) is 0 Å². The van der Waals surface area contributed by atoms with Gasteiger partial charge in [-0.3, -0.25) is 5.41 Å². The zero-order valence-corrected chi connectivity index (χ0v) is 11.4. The highest BCUT2D eigenvalue weighted by molar-refractivity contribution is 6.38. The Hall–Kier alpha value is -1.06. The van der Waals surface area contributed by atoms with Gasteiger partial charge >= 0.3 is 0 Å². The fraction of sp³-hybridized carbons (Fsp3) is 0.385. The molecule has 1 aliphatic rings. The summed E-state index contributed by atoms with van der Waals surface area (Å²) in [7, 11) is 0. The van der Waals surface area contributed by atoms with E-state index in [0.29, 0.717) is 21.0 Å². The van der Waals surface area contributed by atoms with Crippen molar-refractivity contribution in [3.05, 3.63) is 33.5 Å². The van der Waals surface area contributed by atoms with E-state index >= 15 is 0 Å². The molecule has 18 heavy (non-hydrogen) atoms. The highest BCUT2D eigenvalue weighted by atomic mass is 35.5. The van der Waals surface area contributed by atoms with Crippen LogP contribution in [-0.4, -0.2) is 9.55 Å². The number of nitrogens with zero attached hydrogens (tertiary/aromatic N) is 2. The van der Waals surface area contributed by atoms with Crippen molar-refractivity contribution in [3.8, 4) is 0 Å². The van der Waals surface area contributed by atoms with Gasteiger partial charge in [-0.05, 0) is 25.0 Å². The van der Waals surface area contributed by atoms with Gasteiger partial charge in [-0.15, -0.1) is 0 Å². The molecule has 1 N–H and O–H groups in total. The van der Waals surface area contributed by atoms with E-state index < -0.39 is 0 Å². The standard InChI is InChI=1S/C13H13Cl2N3/c14-8-6-9-12(10(15)7-8)17-11-4-2-1-3-5-18(11)13(9)16/h6-7,16H,1-5H2. The van der Waals surface area contributed by atoms with Crippen LogP contribution in [0.2, 0.25) is 10.0 Å². The van der Waals surface area contributed by atoms with Crippen molar-refractivity contribution in [3.63, 3.8) is 0 Å². The van der Waals surface area contributed by atoms with Crippen molar-refractivity contribution in [2.45, 2.75) is 32.2 Å². The van der Waals surface area contributed by atoms with E-state index in [1.807, 2.05) is 4.57 Å². The van der Waals surface area contributed by atoms with Crippen LogP contribution in [0, 0.1) is 5.41 Å². The smallest absolute Gasteiger partial charge is 0.135 e. The van der Waals surface area contributed by atoms with Crippen LogP contribution in [0.25, 0.3) is 10.9 Å². The molecule has 0 atom stereocenters. The third-order valence-corrected chi connectivity index (χ3v) is 3.89. The lowest BCUT2D eigenvalue weighted by Gasteiger charge is -2.12. The highest BCUT2D eigenvalue weighted by Crippen LogP contribution is 2.25. The molecule has 0 radical (unpaired) electrons. The maximum atomic E-state index is 8.31. The van der Waals surface area contributed by atoms with Crippen LogP contribution in [0.5, 0.6) is 0 Å². The zero-order valence-electron chi connectivity index (χ0n) is 9.84. The molecule has 0 fully saturated rings. The van der Waals surface area contributed by atoms with E-state index in [1.165, 1.54) is 6.42 Å². The van der Waals surface area contributed by atoms with Gasteiger partial charge in [-0.1, -0.05) is 29.6 Å². The Balaban J connectivity index is 2.38. The van der Waals surface area contributed by atoms with Gasteiger partial charge in [0.05, 0.1) is 10.5 Å². The molecular formula is C13H13Cl2N3. The fourth-order valence-electron chi connectivity index (χ4n) is 2.49. The molecule has 1 aromatic heterocycles. The Bertz CT molecular complexity index is 676. The van der Waals surface area contributed by atoms with E-state index in [-0.39, 0.29) is 0 Å². The molecule has 94 valence electrons. The van der Waals surface area contributed by atoms with Gasteiger partial charge in [0, 0.05) is 23.4 Å². The number of halogens is 2. The number of benzene rings is 1. The molecule has 0 unspecified atom stereocenters. The SMILES string of the molecule is N=c1c2cc(Cl)cc(Cl)c2nc2n1CCCCC2. The molecule has 0 amide bonds. The number of fused-ring (bicyclic) bond motifs is 2. The topological polar surface area (TPSA) is 41.7 Å². The summed E-state index contributed by atoms with van der Waals surface area (Å²) in [4.78, 5) is 4.63. The number of hydrogen-bond donors (Lipinski definition) is 1. The van der Waals surface area contributed by atoms with Gasteiger partial charge in [0.25, 0.3) is 0 Å². The first-order valence-corrected chi connectivity index (χ1v) is 6.85. The van der Waals surface area contributed by atoms with Gasteiger partial charge in [-0.25, -0.2) is 4.98 Å². The number of aryl methyl sites for hydroxylation is 1. The molecule has 1 aromatic carbocycles. The molecule has 3 nitrogen and oxygen atoms in total. The number of aromatic nitrogens is 2. The van der Waals surface area contributed by atoms with Crippen molar-refractivity contribution in [2.24, 2.45) is 0 Å². The average molecular weight is 282 g/mol. The average Bonchev–Trinajstić information content (AvgIpc) is 2.56. The minimum Gasteiger partial charge on any atom is -0.314 e. The van der Waals surface area contributed by atoms with Crippen molar-refractivity contribution in [2.75, 3.05) is 0 Å². The molecule has 0 bridgehead atoms. The third kappa shape index (κ3) is 1.91. The molecule has 3 rings (SSSR count). The first-order valence-electron chi connectivity index (χ1n) is 6.10. The molecule has 2 heterocycles.